The highest BCUT2D eigenvalue weighted by atomic mass is 35.5. The summed E-state index contributed by atoms with van der Waals surface area (Å²) in [4.78, 5) is 17.6. The number of sulfone groups is 1. The Morgan fingerprint density at radius 2 is 2.13 bits per heavy atom. The number of rotatable bonds is 2. The van der Waals surface area contributed by atoms with E-state index in [0.717, 1.165) is 0 Å². The molecule has 2 aliphatic rings. The van der Waals surface area contributed by atoms with E-state index in [1.54, 1.807) is 30.0 Å². The Bertz CT molecular complexity index is 795. The molecule has 0 radical (unpaired) electrons. The van der Waals surface area contributed by atoms with Gasteiger partial charge < -0.3 is 4.90 Å². The maximum Gasteiger partial charge on any atom is 0.247 e. The highest BCUT2D eigenvalue weighted by Crippen LogP contribution is 2.44. The van der Waals surface area contributed by atoms with Gasteiger partial charge >= 0.3 is 0 Å². The first kappa shape index (κ1) is 17.1. The minimum Gasteiger partial charge on any atom is -0.314 e. The third-order valence-electron chi connectivity index (χ3n) is 3.78. The molecule has 3 rings (SSSR count). The number of amidine groups is 1. The van der Waals surface area contributed by atoms with Crippen LogP contribution in [0.15, 0.2) is 23.2 Å². The summed E-state index contributed by atoms with van der Waals surface area (Å²) >= 11 is 13.7. The zero-order chi connectivity index (χ0) is 16.8. The molecule has 1 aromatic carbocycles. The van der Waals surface area contributed by atoms with Crippen LogP contribution in [0, 0.1) is 0 Å². The average Bonchev–Trinajstić information content (AvgIpc) is 2.93. The summed E-state index contributed by atoms with van der Waals surface area (Å²) in [6.45, 7) is 1.73. The first-order valence-corrected chi connectivity index (χ1v) is 10.5. The first-order chi connectivity index (χ1) is 10.8. The summed E-state index contributed by atoms with van der Waals surface area (Å²) in [6, 6.07) is 4.87. The third-order valence-corrected chi connectivity index (χ3v) is 7.80. The van der Waals surface area contributed by atoms with E-state index >= 15 is 0 Å². The number of anilines is 1. The number of amides is 1. The number of carbonyl (C=O) groups is 1. The lowest BCUT2D eigenvalue weighted by atomic mass is 10.2. The fraction of sp³-hybridized carbons (Fsp3) is 0.429. The van der Waals surface area contributed by atoms with E-state index in [0.29, 0.717) is 20.9 Å². The number of thioether (sulfide) groups is 1. The highest BCUT2D eigenvalue weighted by molar-refractivity contribution is 8.16. The summed E-state index contributed by atoms with van der Waals surface area (Å²) in [7, 11) is -3.11. The van der Waals surface area contributed by atoms with E-state index < -0.39 is 9.84 Å². The predicted molar refractivity (Wildman–Crippen MR) is 95.5 cm³/mol. The Labute approximate surface area is 149 Å². The molecule has 0 saturated carbocycles. The molecule has 0 aromatic heterocycles. The molecule has 2 saturated heterocycles. The minimum atomic E-state index is -3.11. The lowest BCUT2D eigenvalue weighted by Gasteiger charge is -2.25. The van der Waals surface area contributed by atoms with Crippen molar-refractivity contribution in [3.05, 3.63) is 28.2 Å². The number of hydrogen-bond donors (Lipinski definition) is 0. The summed E-state index contributed by atoms with van der Waals surface area (Å²) < 4.78 is 23.9. The molecule has 0 N–H and O–H groups in total. The van der Waals surface area contributed by atoms with Gasteiger partial charge in [-0.2, -0.15) is 4.99 Å². The number of halogens is 2. The van der Waals surface area contributed by atoms with Crippen LogP contribution in [0.2, 0.25) is 10.0 Å². The second kappa shape index (κ2) is 6.27. The zero-order valence-corrected chi connectivity index (χ0v) is 15.3. The Hall–Kier alpha value is -0.760. The van der Waals surface area contributed by atoms with Gasteiger partial charge in [0.15, 0.2) is 15.0 Å². The molecule has 2 aliphatic heterocycles. The topological polar surface area (TPSA) is 66.8 Å². The SMILES string of the molecule is CCC(=O)N=C1S[C@@H]2CS(=O)(=O)C[C@H]2N1c1cccc(Cl)c1Cl. The largest absolute Gasteiger partial charge is 0.314 e. The van der Waals surface area contributed by atoms with Gasteiger partial charge in [0.2, 0.25) is 5.91 Å². The van der Waals surface area contributed by atoms with Crippen molar-refractivity contribution in [2.75, 3.05) is 16.4 Å². The normalized spacial score (nSPS) is 27.4. The van der Waals surface area contributed by atoms with E-state index in [2.05, 4.69) is 4.99 Å². The molecule has 0 unspecified atom stereocenters. The number of hydrogen-bond acceptors (Lipinski definition) is 4. The Balaban J connectivity index is 2.09. The van der Waals surface area contributed by atoms with Gasteiger partial charge in [0.05, 0.1) is 33.3 Å². The van der Waals surface area contributed by atoms with Crippen molar-refractivity contribution in [2.45, 2.75) is 24.6 Å². The smallest absolute Gasteiger partial charge is 0.247 e. The predicted octanol–water partition coefficient (Wildman–Crippen LogP) is 3.00. The van der Waals surface area contributed by atoms with Crippen LogP contribution in [0.5, 0.6) is 0 Å². The molecule has 2 fully saturated rings. The zero-order valence-electron chi connectivity index (χ0n) is 12.2. The van der Waals surface area contributed by atoms with Crippen molar-refractivity contribution in [3.8, 4) is 0 Å². The van der Waals surface area contributed by atoms with Crippen molar-refractivity contribution >= 4 is 61.6 Å². The standard InChI is InChI=1S/C14H14Cl2N2O3S2/c1-2-12(19)17-14-18(9-5-3-4-8(15)13(9)16)10-6-23(20,21)7-11(10)22-14/h3-5,10-11H,2,6-7H2,1H3/t10-,11-/m1/s1. The maximum atomic E-state index is 12.0. The Morgan fingerprint density at radius 1 is 1.39 bits per heavy atom. The fourth-order valence-corrected chi connectivity index (χ4v) is 7.02. The summed E-state index contributed by atoms with van der Waals surface area (Å²) in [5.74, 6) is -0.151. The van der Waals surface area contributed by atoms with Gasteiger partial charge in [-0.25, -0.2) is 8.42 Å². The molecule has 0 aliphatic carbocycles. The van der Waals surface area contributed by atoms with Crippen LogP contribution in [0.1, 0.15) is 13.3 Å². The van der Waals surface area contributed by atoms with Gasteiger partial charge in [0, 0.05) is 11.7 Å². The first-order valence-electron chi connectivity index (χ1n) is 7.04. The number of carbonyl (C=O) groups excluding carboxylic acids is 1. The van der Waals surface area contributed by atoms with E-state index in [9.17, 15) is 13.2 Å². The van der Waals surface area contributed by atoms with Crippen LogP contribution < -0.4 is 4.90 Å². The van der Waals surface area contributed by atoms with E-state index in [1.807, 2.05) is 0 Å². The number of benzene rings is 1. The molecular weight excluding hydrogens is 379 g/mol. The van der Waals surface area contributed by atoms with Crippen LogP contribution in [-0.4, -0.2) is 42.3 Å². The van der Waals surface area contributed by atoms with E-state index in [4.69, 9.17) is 23.2 Å². The molecule has 5 nitrogen and oxygen atoms in total. The average molecular weight is 393 g/mol. The molecule has 1 aromatic rings. The monoisotopic (exact) mass is 392 g/mol. The molecule has 0 bridgehead atoms. The lowest BCUT2D eigenvalue weighted by molar-refractivity contribution is -0.117. The molecule has 0 spiro atoms. The molecule has 2 heterocycles. The number of nitrogens with zero attached hydrogens (tertiary/aromatic N) is 2. The lowest BCUT2D eigenvalue weighted by Crippen LogP contribution is -2.37. The summed E-state index contributed by atoms with van der Waals surface area (Å²) in [5, 5.41) is 1.04. The van der Waals surface area contributed by atoms with Crippen molar-refractivity contribution in [1.29, 1.82) is 0 Å². The molecular formula is C14H14Cl2N2O3S2. The van der Waals surface area contributed by atoms with Gasteiger partial charge in [-0.15, -0.1) is 0 Å². The van der Waals surface area contributed by atoms with Gasteiger partial charge in [-0.1, -0.05) is 48.0 Å². The second-order valence-electron chi connectivity index (χ2n) is 5.39. The summed E-state index contributed by atoms with van der Waals surface area (Å²) in [5.41, 5.74) is 0.582. The van der Waals surface area contributed by atoms with Crippen molar-refractivity contribution in [2.24, 2.45) is 4.99 Å². The highest BCUT2D eigenvalue weighted by Gasteiger charge is 2.49. The van der Waals surface area contributed by atoms with Crippen LogP contribution in [0.25, 0.3) is 0 Å². The van der Waals surface area contributed by atoms with Crippen LogP contribution >= 0.6 is 35.0 Å². The van der Waals surface area contributed by atoms with Crippen molar-refractivity contribution < 1.29 is 13.2 Å². The van der Waals surface area contributed by atoms with Gasteiger partial charge in [-0.3, -0.25) is 4.79 Å². The molecule has 9 heteroatoms. The second-order valence-corrected chi connectivity index (χ2v) is 9.53. The van der Waals surface area contributed by atoms with Crippen LogP contribution in [0.3, 0.4) is 0 Å². The van der Waals surface area contributed by atoms with Crippen molar-refractivity contribution in [3.63, 3.8) is 0 Å². The van der Waals surface area contributed by atoms with Crippen molar-refractivity contribution in [1.82, 2.24) is 0 Å². The van der Waals surface area contributed by atoms with E-state index in [1.165, 1.54) is 11.8 Å². The quantitative estimate of drug-likeness (QED) is 0.773. The number of aliphatic imine (C=N–C) groups is 1. The fourth-order valence-electron chi connectivity index (χ4n) is 2.71. The van der Waals surface area contributed by atoms with Crippen LogP contribution in [0.4, 0.5) is 5.69 Å². The number of fused-ring (bicyclic) bond motifs is 1. The molecule has 23 heavy (non-hydrogen) atoms. The van der Waals surface area contributed by atoms with Gasteiger partial charge in [0.1, 0.15) is 0 Å². The Morgan fingerprint density at radius 3 is 2.83 bits per heavy atom. The Kier molecular flexibility index (Phi) is 4.66. The third kappa shape index (κ3) is 3.24. The van der Waals surface area contributed by atoms with Gasteiger partial charge in [-0.05, 0) is 12.1 Å². The maximum absolute atomic E-state index is 12.0. The summed E-state index contributed by atoms with van der Waals surface area (Å²) in [6.07, 6.45) is 0.287. The minimum absolute atomic E-state index is 0.0207. The van der Waals surface area contributed by atoms with Gasteiger partial charge in [0.25, 0.3) is 0 Å². The molecule has 2 atom stereocenters. The molecule has 124 valence electrons. The van der Waals surface area contributed by atoms with E-state index in [-0.39, 0.29) is 35.1 Å². The molecule has 1 amide bonds. The van der Waals surface area contributed by atoms with Crippen LogP contribution in [-0.2, 0) is 14.6 Å².